The summed E-state index contributed by atoms with van der Waals surface area (Å²) in [5.74, 6) is -0.305. The van der Waals surface area contributed by atoms with E-state index in [1.54, 1.807) is 39.5 Å². The fraction of sp³-hybridized carbons (Fsp3) is 0.850. The Morgan fingerprint density at radius 1 is 0.931 bits per heavy atom. The summed E-state index contributed by atoms with van der Waals surface area (Å²) in [5, 5.41) is 5.56. The second-order valence-corrected chi connectivity index (χ2v) is 10.3. The number of likely N-dealkylation sites (tertiary alicyclic amines) is 1. The van der Waals surface area contributed by atoms with Crippen molar-refractivity contribution in [2.75, 3.05) is 19.6 Å². The Hall–Kier alpha value is -2.03. The molecule has 0 aromatic carbocycles. The molecular weight excluding hydrogens is 376 g/mol. The van der Waals surface area contributed by atoms with Crippen molar-refractivity contribution in [2.24, 2.45) is 5.73 Å². The Morgan fingerprint density at radius 3 is 1.86 bits per heavy atom. The third kappa shape index (κ3) is 8.89. The number of alkyl carbamates (subject to hydrolysis) is 1. The number of nitrogens with two attached hydrogens (primary N) is 1. The van der Waals surface area contributed by atoms with E-state index in [0.29, 0.717) is 25.9 Å². The van der Waals surface area contributed by atoms with Crippen molar-refractivity contribution in [1.82, 2.24) is 15.5 Å². The Labute approximate surface area is 174 Å². The summed E-state index contributed by atoms with van der Waals surface area (Å²) in [7, 11) is 0. The number of amides is 3. The smallest absolute Gasteiger partial charge is 0.410 e. The molecule has 4 N–H and O–H groups in total. The maximum Gasteiger partial charge on any atom is 0.410 e. The Bertz CT molecular complexity index is 611. The van der Waals surface area contributed by atoms with Gasteiger partial charge in [0, 0.05) is 19.6 Å². The molecule has 29 heavy (non-hydrogen) atoms. The van der Waals surface area contributed by atoms with Crippen molar-refractivity contribution in [2.45, 2.75) is 90.5 Å². The zero-order valence-corrected chi connectivity index (χ0v) is 19.1. The van der Waals surface area contributed by atoms with Crippen LogP contribution in [0.2, 0.25) is 0 Å². The number of piperidine rings is 1. The molecule has 1 saturated heterocycles. The van der Waals surface area contributed by atoms with Gasteiger partial charge in [0.1, 0.15) is 11.2 Å². The van der Waals surface area contributed by atoms with Gasteiger partial charge >= 0.3 is 12.2 Å². The second-order valence-electron chi connectivity index (χ2n) is 10.3. The molecule has 0 unspecified atom stereocenters. The quantitative estimate of drug-likeness (QED) is 0.648. The van der Waals surface area contributed by atoms with Crippen molar-refractivity contribution >= 4 is 18.1 Å². The van der Waals surface area contributed by atoms with Crippen molar-refractivity contribution in [3.8, 4) is 0 Å². The minimum Gasteiger partial charge on any atom is -0.444 e. The van der Waals surface area contributed by atoms with E-state index < -0.39 is 34.5 Å². The fourth-order valence-electron chi connectivity index (χ4n) is 2.74. The molecular formula is C20H38N4O5. The van der Waals surface area contributed by atoms with Gasteiger partial charge in [-0.05, 0) is 68.2 Å². The van der Waals surface area contributed by atoms with Crippen molar-refractivity contribution < 1.29 is 23.9 Å². The molecule has 0 bridgehead atoms. The van der Waals surface area contributed by atoms with Gasteiger partial charge in [0.25, 0.3) is 0 Å². The number of carbonyl (C=O) groups is 3. The Kier molecular flexibility index (Phi) is 7.56. The highest BCUT2D eigenvalue weighted by Gasteiger charge is 2.40. The van der Waals surface area contributed by atoms with Gasteiger partial charge in [-0.1, -0.05) is 0 Å². The predicted molar refractivity (Wildman–Crippen MR) is 110 cm³/mol. The van der Waals surface area contributed by atoms with Crippen molar-refractivity contribution in [1.29, 1.82) is 0 Å². The van der Waals surface area contributed by atoms with Crippen LogP contribution in [-0.4, -0.2) is 64.9 Å². The van der Waals surface area contributed by atoms with Gasteiger partial charge in [-0.15, -0.1) is 0 Å². The van der Waals surface area contributed by atoms with E-state index in [-0.39, 0.29) is 12.5 Å². The Balaban J connectivity index is 2.54. The third-order valence-electron chi connectivity index (χ3n) is 4.29. The lowest BCUT2D eigenvalue weighted by Crippen LogP contribution is -2.62. The molecule has 0 aromatic heterocycles. The van der Waals surface area contributed by atoms with Crippen LogP contribution in [0.5, 0.6) is 0 Å². The summed E-state index contributed by atoms with van der Waals surface area (Å²) >= 11 is 0. The average molecular weight is 415 g/mol. The number of hydrogen-bond acceptors (Lipinski definition) is 6. The number of hydrogen-bond donors (Lipinski definition) is 3. The van der Waals surface area contributed by atoms with Crippen LogP contribution in [-0.2, 0) is 14.3 Å². The first-order chi connectivity index (χ1) is 12.9. The molecule has 9 nitrogen and oxygen atoms in total. The Morgan fingerprint density at radius 2 is 1.41 bits per heavy atom. The molecule has 0 aromatic rings. The predicted octanol–water partition coefficient (Wildman–Crippen LogP) is 2.13. The van der Waals surface area contributed by atoms with E-state index in [1.807, 2.05) is 20.8 Å². The molecule has 1 heterocycles. The van der Waals surface area contributed by atoms with Gasteiger partial charge in [-0.2, -0.15) is 0 Å². The van der Waals surface area contributed by atoms with Crippen molar-refractivity contribution in [3.05, 3.63) is 0 Å². The first-order valence-electron chi connectivity index (χ1n) is 9.99. The summed E-state index contributed by atoms with van der Waals surface area (Å²) in [6, 6.07) is 0. The zero-order chi connectivity index (χ0) is 22.7. The highest BCUT2D eigenvalue weighted by Crippen LogP contribution is 2.22. The fourth-order valence-corrected chi connectivity index (χ4v) is 2.74. The van der Waals surface area contributed by atoms with E-state index in [0.717, 1.165) is 0 Å². The van der Waals surface area contributed by atoms with E-state index in [1.165, 1.54) is 0 Å². The van der Waals surface area contributed by atoms with E-state index in [2.05, 4.69) is 10.6 Å². The number of ether oxygens (including phenoxy) is 2. The number of carbonyl (C=O) groups excluding carboxylic acids is 3. The first-order valence-corrected chi connectivity index (χ1v) is 9.99. The molecule has 0 spiro atoms. The largest absolute Gasteiger partial charge is 0.444 e. The normalized spacial score (nSPS) is 17.3. The van der Waals surface area contributed by atoms with Crippen LogP contribution in [0.25, 0.3) is 0 Å². The summed E-state index contributed by atoms with van der Waals surface area (Å²) in [6.45, 7) is 15.2. The molecule has 168 valence electrons. The van der Waals surface area contributed by atoms with Crippen LogP contribution < -0.4 is 16.4 Å². The van der Waals surface area contributed by atoms with E-state index in [4.69, 9.17) is 15.2 Å². The van der Waals surface area contributed by atoms with Gasteiger partial charge in [-0.25, -0.2) is 9.59 Å². The van der Waals surface area contributed by atoms with Crippen LogP contribution in [0.1, 0.15) is 68.2 Å². The van der Waals surface area contributed by atoms with Crippen LogP contribution >= 0.6 is 0 Å². The van der Waals surface area contributed by atoms with Gasteiger partial charge in [0.05, 0.1) is 11.1 Å². The molecule has 0 atom stereocenters. The summed E-state index contributed by atoms with van der Waals surface area (Å²) < 4.78 is 10.6. The minimum absolute atomic E-state index is 0.194. The summed E-state index contributed by atoms with van der Waals surface area (Å²) in [4.78, 5) is 38.4. The van der Waals surface area contributed by atoms with E-state index >= 15 is 0 Å². The summed E-state index contributed by atoms with van der Waals surface area (Å²) in [6.07, 6.45) is -0.289. The minimum atomic E-state index is -1.07. The lowest BCUT2D eigenvalue weighted by atomic mass is 9.87. The molecule has 0 saturated carbocycles. The van der Waals surface area contributed by atoms with Crippen molar-refractivity contribution in [3.63, 3.8) is 0 Å². The maximum atomic E-state index is 12.7. The lowest BCUT2D eigenvalue weighted by molar-refractivity contribution is -0.128. The summed E-state index contributed by atoms with van der Waals surface area (Å²) in [5.41, 5.74) is 3.34. The zero-order valence-electron chi connectivity index (χ0n) is 19.1. The first kappa shape index (κ1) is 25.0. The highest BCUT2D eigenvalue weighted by atomic mass is 16.6. The highest BCUT2D eigenvalue weighted by molar-refractivity contribution is 5.86. The number of nitrogens with zero attached hydrogens (tertiary/aromatic N) is 1. The SMILES string of the molecule is CC(C)(CNC(=O)C1(N)CCN(C(=O)OC(C)(C)C)CC1)NC(=O)OC(C)(C)C. The third-order valence-corrected chi connectivity index (χ3v) is 4.29. The average Bonchev–Trinajstić information content (AvgIpc) is 2.49. The van der Waals surface area contributed by atoms with Gasteiger partial charge in [0.15, 0.2) is 0 Å². The monoisotopic (exact) mass is 414 g/mol. The number of nitrogens with one attached hydrogen (secondary N) is 2. The molecule has 1 fully saturated rings. The van der Waals surface area contributed by atoms with Crippen LogP contribution in [0, 0.1) is 0 Å². The lowest BCUT2D eigenvalue weighted by Gasteiger charge is -2.39. The molecule has 3 amide bonds. The van der Waals surface area contributed by atoms with Gasteiger partial charge < -0.3 is 30.7 Å². The van der Waals surface area contributed by atoms with Gasteiger partial charge in [-0.3, -0.25) is 4.79 Å². The molecule has 0 aliphatic carbocycles. The molecule has 1 aliphatic rings. The number of rotatable bonds is 4. The van der Waals surface area contributed by atoms with Crippen LogP contribution in [0.15, 0.2) is 0 Å². The second kappa shape index (κ2) is 8.77. The van der Waals surface area contributed by atoms with Crippen LogP contribution in [0.4, 0.5) is 9.59 Å². The standard InChI is InChI=1S/C20H38N4O5/c1-17(2,3)28-15(26)23-19(7,8)13-22-14(25)20(21)9-11-24(12-10-20)16(27)29-18(4,5)6/h9-13,21H2,1-8H3,(H,22,25)(H,23,26). The molecule has 9 heteroatoms. The molecule has 0 radical (unpaired) electrons. The van der Waals surface area contributed by atoms with E-state index in [9.17, 15) is 14.4 Å². The maximum absolute atomic E-state index is 12.7. The van der Waals surface area contributed by atoms with Crippen LogP contribution in [0.3, 0.4) is 0 Å². The molecule has 1 rings (SSSR count). The topological polar surface area (TPSA) is 123 Å². The van der Waals surface area contributed by atoms with Gasteiger partial charge in [0.2, 0.25) is 5.91 Å². The molecule has 1 aliphatic heterocycles.